The Labute approximate surface area is 202 Å². The number of nitrogens with zero attached hydrogens (tertiary/aromatic N) is 3. The molecule has 34 heavy (non-hydrogen) atoms. The number of anilines is 1. The lowest BCUT2D eigenvalue weighted by molar-refractivity contribution is -0.117. The number of para-hydroxylation sites is 2. The van der Waals surface area contributed by atoms with Crippen LogP contribution in [0, 0.1) is 41.5 Å². The van der Waals surface area contributed by atoms with Crippen LogP contribution in [0.1, 0.15) is 57.1 Å². The highest BCUT2D eigenvalue weighted by Gasteiger charge is 2.35. The summed E-state index contributed by atoms with van der Waals surface area (Å²) in [4.78, 5) is 20.2. The van der Waals surface area contributed by atoms with E-state index in [1.165, 1.54) is 33.4 Å². The van der Waals surface area contributed by atoms with Crippen LogP contribution in [0.2, 0.25) is 0 Å². The molecular formula is C30H33N3O. The minimum absolute atomic E-state index is 0.0614. The van der Waals surface area contributed by atoms with Gasteiger partial charge in [-0.15, -0.1) is 0 Å². The van der Waals surface area contributed by atoms with E-state index < -0.39 is 0 Å². The lowest BCUT2D eigenvalue weighted by Gasteiger charge is -2.21. The molecule has 4 heteroatoms. The van der Waals surface area contributed by atoms with Gasteiger partial charge >= 0.3 is 0 Å². The molecule has 2 heterocycles. The Morgan fingerprint density at radius 2 is 1.59 bits per heavy atom. The smallest absolute Gasteiger partial charge is 0.227 e. The average Bonchev–Trinajstić information content (AvgIpc) is 3.37. The Balaban J connectivity index is 1.59. The number of carbonyl (C=O) groups is 1. The molecule has 1 aliphatic heterocycles. The fraction of sp³-hybridized carbons (Fsp3) is 0.333. The Kier molecular flexibility index (Phi) is 5.55. The second-order valence-corrected chi connectivity index (χ2v) is 9.98. The molecule has 0 radical (unpaired) electrons. The molecule has 1 fully saturated rings. The van der Waals surface area contributed by atoms with Crippen LogP contribution in [0.3, 0.4) is 0 Å². The van der Waals surface area contributed by atoms with Crippen LogP contribution >= 0.6 is 0 Å². The number of aryl methyl sites for hydroxylation is 4. The van der Waals surface area contributed by atoms with Crippen LogP contribution < -0.4 is 4.90 Å². The van der Waals surface area contributed by atoms with Crippen LogP contribution in [-0.2, 0) is 11.3 Å². The normalized spacial score (nSPS) is 16.1. The molecule has 1 aliphatic rings. The zero-order chi connectivity index (χ0) is 24.1. The number of hydrogen-bond donors (Lipinski definition) is 0. The monoisotopic (exact) mass is 451 g/mol. The van der Waals surface area contributed by atoms with Crippen molar-refractivity contribution < 1.29 is 4.79 Å². The van der Waals surface area contributed by atoms with E-state index in [-0.39, 0.29) is 11.8 Å². The Bertz CT molecular complexity index is 1400. The fourth-order valence-electron chi connectivity index (χ4n) is 5.39. The Hall–Kier alpha value is -3.40. The molecule has 1 aromatic heterocycles. The van der Waals surface area contributed by atoms with Crippen LogP contribution in [-0.4, -0.2) is 22.0 Å². The summed E-state index contributed by atoms with van der Waals surface area (Å²) < 4.78 is 2.36. The summed E-state index contributed by atoms with van der Waals surface area (Å²) in [6.07, 6.45) is 0.488. The number of aromatic nitrogens is 2. The summed E-state index contributed by atoms with van der Waals surface area (Å²) in [6.45, 7) is 14.4. The molecule has 174 valence electrons. The van der Waals surface area contributed by atoms with Crippen molar-refractivity contribution in [3.63, 3.8) is 0 Å². The molecule has 1 saturated heterocycles. The van der Waals surface area contributed by atoms with Gasteiger partial charge in [-0.2, -0.15) is 0 Å². The Morgan fingerprint density at radius 3 is 2.32 bits per heavy atom. The molecule has 1 atom stereocenters. The number of carbonyl (C=O) groups excluding carboxylic acids is 1. The molecule has 1 unspecified atom stereocenters. The molecular weight excluding hydrogens is 418 g/mol. The molecule has 3 aromatic carbocycles. The van der Waals surface area contributed by atoms with Gasteiger partial charge < -0.3 is 9.47 Å². The van der Waals surface area contributed by atoms with E-state index >= 15 is 0 Å². The predicted octanol–water partition coefficient (Wildman–Crippen LogP) is 6.46. The minimum atomic E-state index is 0.0614. The second kappa shape index (κ2) is 8.43. The van der Waals surface area contributed by atoms with E-state index in [1.807, 2.05) is 11.0 Å². The van der Waals surface area contributed by atoms with Crippen LogP contribution in [0.5, 0.6) is 0 Å². The van der Waals surface area contributed by atoms with Crippen molar-refractivity contribution in [2.45, 2.75) is 60.4 Å². The molecule has 4 aromatic rings. The first-order valence-corrected chi connectivity index (χ1v) is 12.1. The van der Waals surface area contributed by atoms with Crippen molar-refractivity contribution >= 4 is 22.6 Å². The van der Waals surface area contributed by atoms with Crippen molar-refractivity contribution in [2.24, 2.45) is 0 Å². The van der Waals surface area contributed by atoms with Crippen molar-refractivity contribution in [1.29, 1.82) is 0 Å². The maximum atomic E-state index is 13.2. The van der Waals surface area contributed by atoms with Gasteiger partial charge in [0.15, 0.2) is 0 Å². The van der Waals surface area contributed by atoms with Gasteiger partial charge in [-0.3, -0.25) is 4.79 Å². The summed E-state index contributed by atoms with van der Waals surface area (Å²) in [6, 6.07) is 17.0. The van der Waals surface area contributed by atoms with Crippen molar-refractivity contribution in [3.05, 3.63) is 93.3 Å². The molecule has 0 bridgehead atoms. The van der Waals surface area contributed by atoms with Gasteiger partial charge in [0.1, 0.15) is 5.82 Å². The van der Waals surface area contributed by atoms with E-state index in [2.05, 4.69) is 88.6 Å². The highest BCUT2D eigenvalue weighted by molar-refractivity contribution is 5.97. The van der Waals surface area contributed by atoms with E-state index in [1.54, 1.807) is 0 Å². The highest BCUT2D eigenvalue weighted by atomic mass is 16.2. The van der Waals surface area contributed by atoms with Crippen LogP contribution in [0.15, 0.2) is 48.5 Å². The fourth-order valence-corrected chi connectivity index (χ4v) is 5.39. The standard InChI is InChI=1S/C30H33N3O/c1-18-11-12-19(2)28(13-18)32-16-24(15-29(32)34)30-31-26-9-7-8-10-27(26)33(30)17-25-22(5)20(3)14-21(4)23(25)6/h7-14,24H,15-17H2,1-6H3. The third-order valence-electron chi connectivity index (χ3n) is 7.67. The first-order valence-electron chi connectivity index (χ1n) is 12.1. The van der Waals surface area contributed by atoms with Gasteiger partial charge in [0, 0.05) is 31.1 Å². The van der Waals surface area contributed by atoms with Gasteiger partial charge in [-0.1, -0.05) is 30.3 Å². The van der Waals surface area contributed by atoms with Gasteiger partial charge in [0.25, 0.3) is 0 Å². The number of fused-ring (bicyclic) bond motifs is 1. The van der Waals surface area contributed by atoms with Gasteiger partial charge in [0.05, 0.1) is 11.0 Å². The van der Waals surface area contributed by atoms with Crippen molar-refractivity contribution in [2.75, 3.05) is 11.4 Å². The summed E-state index contributed by atoms with van der Waals surface area (Å²) >= 11 is 0. The lowest BCUT2D eigenvalue weighted by atomic mass is 9.94. The first kappa shape index (κ1) is 22.4. The average molecular weight is 452 g/mol. The molecule has 4 nitrogen and oxygen atoms in total. The number of amides is 1. The molecule has 0 spiro atoms. The third kappa shape index (κ3) is 3.71. The van der Waals surface area contributed by atoms with Crippen LogP contribution in [0.25, 0.3) is 11.0 Å². The highest BCUT2D eigenvalue weighted by Crippen LogP contribution is 2.36. The van der Waals surface area contributed by atoms with Gasteiger partial charge in [-0.25, -0.2) is 4.98 Å². The molecule has 0 N–H and O–H groups in total. The van der Waals surface area contributed by atoms with Crippen LogP contribution in [0.4, 0.5) is 5.69 Å². The quantitative estimate of drug-likeness (QED) is 0.357. The summed E-state index contributed by atoms with van der Waals surface area (Å²) in [7, 11) is 0. The predicted molar refractivity (Wildman–Crippen MR) is 140 cm³/mol. The number of rotatable bonds is 4. The molecule has 1 amide bonds. The zero-order valence-corrected chi connectivity index (χ0v) is 21.1. The zero-order valence-electron chi connectivity index (χ0n) is 21.1. The van der Waals surface area contributed by atoms with E-state index in [0.29, 0.717) is 13.0 Å². The van der Waals surface area contributed by atoms with Gasteiger partial charge in [0.2, 0.25) is 5.91 Å². The summed E-state index contributed by atoms with van der Waals surface area (Å²) in [5, 5.41) is 0. The van der Waals surface area contributed by atoms with E-state index in [4.69, 9.17) is 4.98 Å². The summed E-state index contributed by atoms with van der Waals surface area (Å²) in [5.41, 5.74) is 12.1. The SMILES string of the molecule is Cc1ccc(C)c(N2CC(c3nc4ccccc4n3Cc3c(C)c(C)cc(C)c3C)CC2=O)c1. The molecule has 0 aliphatic carbocycles. The lowest BCUT2D eigenvalue weighted by Crippen LogP contribution is -2.25. The number of benzene rings is 3. The topological polar surface area (TPSA) is 38.1 Å². The minimum Gasteiger partial charge on any atom is -0.323 e. The molecule has 5 rings (SSSR count). The van der Waals surface area contributed by atoms with Crippen molar-refractivity contribution in [3.8, 4) is 0 Å². The third-order valence-corrected chi connectivity index (χ3v) is 7.67. The Morgan fingerprint density at radius 1 is 0.882 bits per heavy atom. The number of imidazole rings is 1. The van der Waals surface area contributed by atoms with E-state index in [9.17, 15) is 4.79 Å². The van der Waals surface area contributed by atoms with Crippen molar-refractivity contribution in [1.82, 2.24) is 9.55 Å². The molecule has 0 saturated carbocycles. The first-order chi connectivity index (χ1) is 16.2. The van der Waals surface area contributed by atoms with Gasteiger partial charge in [-0.05, 0) is 98.7 Å². The van der Waals surface area contributed by atoms with E-state index in [0.717, 1.165) is 34.7 Å². The second-order valence-electron chi connectivity index (χ2n) is 9.98. The largest absolute Gasteiger partial charge is 0.323 e. The summed E-state index contributed by atoms with van der Waals surface area (Å²) in [5.74, 6) is 1.25. The maximum Gasteiger partial charge on any atom is 0.227 e. The maximum absolute atomic E-state index is 13.2. The number of hydrogen-bond acceptors (Lipinski definition) is 2.